The molecule has 1 aromatic rings. The molecule has 2 nitrogen and oxygen atoms in total. The van der Waals surface area contributed by atoms with Crippen molar-refractivity contribution in [2.45, 2.75) is 20.3 Å². The summed E-state index contributed by atoms with van der Waals surface area (Å²) < 4.78 is 5.52. The Morgan fingerprint density at radius 1 is 1.47 bits per heavy atom. The van der Waals surface area contributed by atoms with Gasteiger partial charge in [-0.2, -0.15) is 0 Å². The van der Waals surface area contributed by atoms with Crippen LogP contribution in [-0.2, 0) is 0 Å². The molecule has 0 bridgehead atoms. The van der Waals surface area contributed by atoms with Crippen molar-refractivity contribution in [3.05, 3.63) is 35.4 Å². The summed E-state index contributed by atoms with van der Waals surface area (Å²) in [5, 5.41) is 8.91. The quantitative estimate of drug-likeness (QED) is 0.802. The van der Waals surface area contributed by atoms with E-state index in [1.807, 2.05) is 37.3 Å². The average Bonchev–Trinajstić information content (AvgIpc) is 2.26. The molecule has 0 saturated carbocycles. The van der Waals surface area contributed by atoms with Gasteiger partial charge >= 0.3 is 0 Å². The molecule has 0 atom stereocenters. The second-order valence-electron chi connectivity index (χ2n) is 3.57. The molecule has 0 spiro atoms. The minimum Gasteiger partial charge on any atom is -0.494 e. The number of hydrogen-bond donors (Lipinski definition) is 1. The van der Waals surface area contributed by atoms with E-state index < -0.39 is 0 Å². The van der Waals surface area contributed by atoms with Crippen LogP contribution in [0.15, 0.2) is 29.8 Å². The van der Waals surface area contributed by atoms with Gasteiger partial charge in [0.1, 0.15) is 5.75 Å². The van der Waals surface area contributed by atoms with Gasteiger partial charge < -0.3 is 9.84 Å². The molecule has 0 amide bonds. The predicted octanol–water partition coefficient (Wildman–Crippen LogP) is 2.87. The van der Waals surface area contributed by atoms with Crippen molar-refractivity contribution in [1.29, 1.82) is 0 Å². The topological polar surface area (TPSA) is 29.5 Å². The maximum atomic E-state index is 8.91. The molecule has 0 radical (unpaired) electrons. The highest BCUT2D eigenvalue weighted by Crippen LogP contribution is 2.15. The van der Waals surface area contributed by atoms with Crippen molar-refractivity contribution in [3.8, 4) is 5.75 Å². The summed E-state index contributed by atoms with van der Waals surface area (Å²) in [7, 11) is 0. The van der Waals surface area contributed by atoms with Crippen LogP contribution in [0, 0.1) is 0 Å². The van der Waals surface area contributed by atoms with E-state index in [4.69, 9.17) is 9.84 Å². The maximum Gasteiger partial charge on any atom is 0.119 e. The zero-order valence-corrected chi connectivity index (χ0v) is 9.36. The minimum absolute atomic E-state index is 0.0973. The summed E-state index contributed by atoms with van der Waals surface area (Å²) in [6.45, 7) is 4.82. The number of benzene rings is 1. The number of hydrogen-bond acceptors (Lipinski definition) is 2. The molecule has 0 heterocycles. The van der Waals surface area contributed by atoms with Crippen molar-refractivity contribution in [3.63, 3.8) is 0 Å². The van der Waals surface area contributed by atoms with Gasteiger partial charge in [-0.1, -0.05) is 25.1 Å². The van der Waals surface area contributed by atoms with Crippen LogP contribution in [0.2, 0.25) is 0 Å². The Kier molecular flexibility index (Phi) is 4.91. The van der Waals surface area contributed by atoms with Crippen molar-refractivity contribution in [2.75, 3.05) is 13.2 Å². The molecule has 82 valence electrons. The fourth-order valence-electron chi connectivity index (χ4n) is 1.24. The summed E-state index contributed by atoms with van der Waals surface area (Å²) in [5.74, 6) is 0.885. The maximum absolute atomic E-state index is 8.91. The molecule has 0 aromatic heterocycles. The Morgan fingerprint density at radius 3 is 2.93 bits per heavy atom. The van der Waals surface area contributed by atoms with E-state index in [9.17, 15) is 0 Å². The van der Waals surface area contributed by atoms with Gasteiger partial charge in [-0.25, -0.2) is 0 Å². The lowest BCUT2D eigenvalue weighted by Crippen LogP contribution is -1.94. The van der Waals surface area contributed by atoms with Crippen LogP contribution in [0.3, 0.4) is 0 Å². The molecule has 1 aromatic carbocycles. The molecule has 0 unspecified atom stereocenters. The Bertz CT molecular complexity index is 329. The zero-order chi connectivity index (χ0) is 11.1. The second kappa shape index (κ2) is 6.25. The van der Waals surface area contributed by atoms with Crippen molar-refractivity contribution < 1.29 is 9.84 Å². The van der Waals surface area contributed by atoms with Gasteiger partial charge in [0.25, 0.3) is 0 Å². The average molecular weight is 206 g/mol. The van der Waals surface area contributed by atoms with Crippen molar-refractivity contribution in [2.24, 2.45) is 0 Å². The molecular weight excluding hydrogens is 188 g/mol. The third-order valence-corrected chi connectivity index (χ3v) is 1.99. The third kappa shape index (κ3) is 4.17. The summed E-state index contributed by atoms with van der Waals surface area (Å²) >= 11 is 0. The zero-order valence-electron chi connectivity index (χ0n) is 9.36. The fourth-order valence-corrected chi connectivity index (χ4v) is 1.24. The highest BCUT2D eigenvalue weighted by atomic mass is 16.5. The van der Waals surface area contributed by atoms with E-state index >= 15 is 0 Å². The molecule has 0 fully saturated rings. The van der Waals surface area contributed by atoms with E-state index in [0.29, 0.717) is 0 Å². The van der Waals surface area contributed by atoms with E-state index in [1.165, 1.54) is 0 Å². The number of aliphatic hydroxyl groups is 1. The molecular formula is C13H18O2. The molecule has 0 aliphatic heterocycles. The lowest BCUT2D eigenvalue weighted by molar-refractivity contribution is 0.317. The number of aliphatic hydroxyl groups excluding tert-OH is 1. The minimum atomic E-state index is 0.0973. The van der Waals surface area contributed by atoms with Crippen molar-refractivity contribution in [1.82, 2.24) is 0 Å². The van der Waals surface area contributed by atoms with E-state index in [1.54, 1.807) is 0 Å². The largest absolute Gasteiger partial charge is 0.494 e. The second-order valence-corrected chi connectivity index (χ2v) is 3.57. The van der Waals surface area contributed by atoms with Gasteiger partial charge in [0.05, 0.1) is 13.2 Å². The predicted molar refractivity (Wildman–Crippen MR) is 63.0 cm³/mol. The third-order valence-electron chi connectivity index (χ3n) is 1.99. The molecule has 1 rings (SSSR count). The first-order valence-electron chi connectivity index (χ1n) is 5.27. The van der Waals surface area contributed by atoms with Crippen LogP contribution in [0.5, 0.6) is 5.75 Å². The van der Waals surface area contributed by atoms with E-state index in [2.05, 4.69) is 6.92 Å². The monoisotopic (exact) mass is 206 g/mol. The fraction of sp³-hybridized carbons (Fsp3) is 0.385. The van der Waals surface area contributed by atoms with Gasteiger partial charge in [0.15, 0.2) is 0 Å². The Hall–Kier alpha value is -1.28. The standard InChI is InChI=1S/C13H18O2/c1-3-7-15-13-6-4-5-12(9-13)8-11(2)10-14/h4-6,8-9,14H,3,7,10H2,1-2H3. The summed E-state index contributed by atoms with van der Waals surface area (Å²) in [6, 6.07) is 7.88. The summed E-state index contributed by atoms with van der Waals surface area (Å²) in [5.41, 5.74) is 2.01. The van der Waals surface area contributed by atoms with Gasteiger partial charge in [-0.15, -0.1) is 0 Å². The molecule has 2 heteroatoms. The highest BCUT2D eigenvalue weighted by molar-refractivity contribution is 5.54. The van der Waals surface area contributed by atoms with E-state index in [-0.39, 0.29) is 6.61 Å². The van der Waals surface area contributed by atoms with Crippen LogP contribution in [0.1, 0.15) is 25.8 Å². The van der Waals surface area contributed by atoms with Crippen LogP contribution < -0.4 is 4.74 Å². The lowest BCUT2D eigenvalue weighted by Gasteiger charge is -2.05. The highest BCUT2D eigenvalue weighted by Gasteiger charge is 1.94. The van der Waals surface area contributed by atoms with Crippen LogP contribution in [-0.4, -0.2) is 18.3 Å². The molecule has 1 N–H and O–H groups in total. The van der Waals surface area contributed by atoms with Gasteiger partial charge in [-0.3, -0.25) is 0 Å². The van der Waals surface area contributed by atoms with Crippen molar-refractivity contribution >= 4 is 6.08 Å². The Balaban J connectivity index is 2.74. The molecule has 15 heavy (non-hydrogen) atoms. The lowest BCUT2D eigenvalue weighted by atomic mass is 10.1. The number of rotatable bonds is 5. The van der Waals surface area contributed by atoms with Crippen LogP contribution in [0.25, 0.3) is 6.08 Å². The Labute approximate surface area is 91.2 Å². The smallest absolute Gasteiger partial charge is 0.119 e. The van der Waals surface area contributed by atoms with Crippen LogP contribution >= 0.6 is 0 Å². The van der Waals surface area contributed by atoms with Gasteiger partial charge in [0.2, 0.25) is 0 Å². The van der Waals surface area contributed by atoms with E-state index in [0.717, 1.165) is 29.9 Å². The molecule has 0 saturated heterocycles. The number of ether oxygens (including phenoxy) is 1. The molecule has 0 aliphatic carbocycles. The van der Waals surface area contributed by atoms with Crippen LogP contribution in [0.4, 0.5) is 0 Å². The first kappa shape index (κ1) is 11.8. The first-order valence-corrected chi connectivity index (χ1v) is 5.27. The normalized spacial score (nSPS) is 11.5. The van der Waals surface area contributed by atoms with Gasteiger partial charge in [0, 0.05) is 0 Å². The Morgan fingerprint density at radius 2 is 2.27 bits per heavy atom. The summed E-state index contributed by atoms with van der Waals surface area (Å²) in [4.78, 5) is 0. The van der Waals surface area contributed by atoms with Gasteiger partial charge in [-0.05, 0) is 36.6 Å². The SMILES string of the molecule is CCCOc1cccc(C=C(C)CO)c1. The first-order chi connectivity index (χ1) is 7.26. The summed E-state index contributed by atoms with van der Waals surface area (Å²) in [6.07, 6.45) is 2.97. The molecule has 0 aliphatic rings.